The molecule has 2 aliphatic rings. The van der Waals surface area contributed by atoms with Crippen molar-refractivity contribution in [1.29, 1.82) is 0 Å². The fourth-order valence-corrected chi connectivity index (χ4v) is 7.56. The van der Waals surface area contributed by atoms with Gasteiger partial charge < -0.3 is 23.4 Å². The first-order chi connectivity index (χ1) is 16.9. The molecule has 0 amide bonds. The van der Waals surface area contributed by atoms with E-state index in [2.05, 4.69) is 33.9 Å². The zero-order valence-corrected chi connectivity index (χ0v) is 23.7. The third kappa shape index (κ3) is 5.77. The van der Waals surface area contributed by atoms with E-state index in [-0.39, 0.29) is 17.4 Å². The van der Waals surface area contributed by atoms with E-state index in [9.17, 15) is 8.42 Å². The van der Waals surface area contributed by atoms with E-state index in [4.69, 9.17) is 23.4 Å². The van der Waals surface area contributed by atoms with Crippen molar-refractivity contribution >= 4 is 18.2 Å². The molecule has 0 aromatic heterocycles. The van der Waals surface area contributed by atoms with E-state index in [1.807, 2.05) is 48.5 Å². The molecule has 0 bridgehead atoms. The number of ether oxygens (including phenoxy) is 4. The van der Waals surface area contributed by atoms with Crippen molar-refractivity contribution in [3.63, 3.8) is 0 Å². The van der Waals surface area contributed by atoms with Gasteiger partial charge in [0.15, 0.2) is 29.9 Å². The maximum Gasteiger partial charge on any atom is 0.192 e. The minimum Gasteiger partial charge on any atom is -0.407 e. The van der Waals surface area contributed by atoms with Gasteiger partial charge in [0.2, 0.25) is 0 Å². The first-order valence-corrected chi connectivity index (χ1v) is 17.0. The normalized spacial score (nSPS) is 29.5. The molecule has 0 spiro atoms. The smallest absolute Gasteiger partial charge is 0.192 e. The van der Waals surface area contributed by atoms with E-state index < -0.39 is 54.3 Å². The standard InChI is InChI=1S/C27H38O7SSi/c1-27(2,3)36(5,6)34-24-23(30-4)22-21(17-31-25(33-22)20-15-11-8-12-16-20)32-26(24)35(28,29)18-19-13-9-7-10-14-19/h7-16,21-26H,17-18H2,1-6H3/t21-,22-,23-,24+,25-,26?/m1/s1. The number of hydrogen-bond donors (Lipinski definition) is 0. The monoisotopic (exact) mass is 534 g/mol. The van der Waals surface area contributed by atoms with Crippen molar-refractivity contribution in [2.24, 2.45) is 0 Å². The molecule has 0 radical (unpaired) electrons. The van der Waals surface area contributed by atoms with Crippen LogP contribution in [0.5, 0.6) is 0 Å². The van der Waals surface area contributed by atoms with Crippen LogP contribution in [-0.2, 0) is 39.0 Å². The molecule has 2 aromatic carbocycles. The summed E-state index contributed by atoms with van der Waals surface area (Å²) < 4.78 is 58.9. The zero-order chi connectivity index (χ0) is 26.1. The minimum atomic E-state index is -3.78. The lowest BCUT2D eigenvalue weighted by atomic mass is 9.98. The Balaban J connectivity index is 1.68. The molecule has 0 N–H and O–H groups in total. The summed E-state index contributed by atoms with van der Waals surface area (Å²) in [4.78, 5) is 0. The summed E-state index contributed by atoms with van der Waals surface area (Å²) in [6, 6.07) is 18.8. The Bertz CT molecular complexity index is 1100. The van der Waals surface area contributed by atoms with E-state index in [0.29, 0.717) is 5.56 Å². The van der Waals surface area contributed by atoms with Crippen LogP contribution in [0, 0.1) is 0 Å². The molecule has 2 heterocycles. The third-order valence-electron chi connectivity index (χ3n) is 7.43. The van der Waals surface area contributed by atoms with Crippen LogP contribution in [0.15, 0.2) is 60.7 Å². The zero-order valence-electron chi connectivity index (χ0n) is 21.9. The average molecular weight is 535 g/mol. The van der Waals surface area contributed by atoms with Crippen LogP contribution in [-0.4, -0.2) is 60.3 Å². The average Bonchev–Trinajstić information content (AvgIpc) is 2.83. The molecule has 6 atom stereocenters. The van der Waals surface area contributed by atoms with Gasteiger partial charge >= 0.3 is 0 Å². The Morgan fingerprint density at radius 1 is 0.944 bits per heavy atom. The van der Waals surface area contributed by atoms with Crippen LogP contribution >= 0.6 is 0 Å². The highest BCUT2D eigenvalue weighted by molar-refractivity contribution is 7.91. The first kappa shape index (κ1) is 27.4. The van der Waals surface area contributed by atoms with Crippen LogP contribution in [0.1, 0.15) is 38.2 Å². The molecule has 198 valence electrons. The maximum atomic E-state index is 13.8. The number of sulfone groups is 1. The molecule has 0 saturated carbocycles. The molecule has 2 fully saturated rings. The second kappa shape index (κ2) is 10.6. The van der Waals surface area contributed by atoms with Crippen molar-refractivity contribution in [3.05, 3.63) is 71.8 Å². The van der Waals surface area contributed by atoms with E-state index >= 15 is 0 Å². The molecule has 2 aliphatic heterocycles. The summed E-state index contributed by atoms with van der Waals surface area (Å²) >= 11 is 0. The van der Waals surface area contributed by atoms with Gasteiger partial charge in [0.1, 0.15) is 24.4 Å². The minimum absolute atomic E-state index is 0.140. The van der Waals surface area contributed by atoms with Gasteiger partial charge in [-0.05, 0) is 23.7 Å². The number of methoxy groups -OCH3 is 1. The van der Waals surface area contributed by atoms with Gasteiger partial charge in [-0.2, -0.15) is 0 Å². The summed E-state index contributed by atoms with van der Waals surface area (Å²) in [5, 5.41) is -0.140. The SMILES string of the molecule is CO[C@@H]1[C@@H]2O[C@H](c3ccccc3)OC[C@H]2OC(S(=O)(=O)Cc2ccccc2)[C@H]1O[Si](C)(C)C(C)(C)C. The van der Waals surface area contributed by atoms with E-state index in [1.165, 1.54) is 0 Å². The molecule has 2 saturated heterocycles. The van der Waals surface area contributed by atoms with Crippen molar-refractivity contribution in [1.82, 2.24) is 0 Å². The molecule has 9 heteroatoms. The Morgan fingerprint density at radius 3 is 2.14 bits per heavy atom. The third-order valence-corrected chi connectivity index (χ3v) is 13.7. The van der Waals surface area contributed by atoms with Crippen LogP contribution in [0.4, 0.5) is 0 Å². The van der Waals surface area contributed by atoms with E-state index in [0.717, 1.165) is 5.56 Å². The molecule has 4 rings (SSSR count). The second-order valence-electron chi connectivity index (χ2n) is 11.1. The van der Waals surface area contributed by atoms with Gasteiger partial charge in [0.05, 0.1) is 12.4 Å². The molecule has 36 heavy (non-hydrogen) atoms. The van der Waals surface area contributed by atoms with Gasteiger partial charge in [0, 0.05) is 12.7 Å². The predicted molar refractivity (Wildman–Crippen MR) is 141 cm³/mol. The van der Waals surface area contributed by atoms with Crippen LogP contribution in [0.3, 0.4) is 0 Å². The lowest BCUT2D eigenvalue weighted by Gasteiger charge is -2.51. The molecular weight excluding hydrogens is 496 g/mol. The fourth-order valence-electron chi connectivity index (χ4n) is 4.41. The highest BCUT2D eigenvalue weighted by Crippen LogP contribution is 2.43. The summed E-state index contributed by atoms with van der Waals surface area (Å²) in [6.07, 6.45) is -3.25. The van der Waals surface area contributed by atoms with Crippen molar-refractivity contribution in [2.45, 2.75) is 80.8 Å². The maximum absolute atomic E-state index is 13.8. The van der Waals surface area contributed by atoms with Gasteiger partial charge in [-0.15, -0.1) is 0 Å². The van der Waals surface area contributed by atoms with Gasteiger partial charge in [-0.1, -0.05) is 81.4 Å². The summed E-state index contributed by atoms with van der Waals surface area (Å²) in [7, 11) is -4.61. The number of benzene rings is 2. The van der Waals surface area contributed by atoms with Gasteiger partial charge in [-0.25, -0.2) is 8.42 Å². The highest BCUT2D eigenvalue weighted by Gasteiger charge is 2.56. The Kier molecular flexibility index (Phi) is 8.12. The van der Waals surface area contributed by atoms with Crippen molar-refractivity contribution < 1.29 is 31.8 Å². The lowest BCUT2D eigenvalue weighted by molar-refractivity contribution is -0.320. The molecule has 1 unspecified atom stereocenters. The molecular formula is C27H38O7SSi. The molecule has 7 nitrogen and oxygen atoms in total. The van der Waals surface area contributed by atoms with Crippen molar-refractivity contribution in [2.75, 3.05) is 13.7 Å². The number of rotatable bonds is 7. The quantitative estimate of drug-likeness (QED) is 0.470. The second-order valence-corrected chi connectivity index (χ2v) is 17.9. The highest BCUT2D eigenvalue weighted by atomic mass is 32.2. The predicted octanol–water partition coefficient (Wildman–Crippen LogP) is 4.85. The fraction of sp³-hybridized carbons (Fsp3) is 0.556. The number of fused-ring (bicyclic) bond motifs is 1. The summed E-state index contributed by atoms with van der Waals surface area (Å²) in [5.41, 5.74) is 0.369. The van der Waals surface area contributed by atoms with Crippen LogP contribution in [0.2, 0.25) is 18.1 Å². The van der Waals surface area contributed by atoms with Gasteiger partial charge in [-0.3, -0.25) is 0 Å². The summed E-state index contributed by atoms with van der Waals surface area (Å²) in [6.45, 7) is 10.8. The first-order valence-electron chi connectivity index (χ1n) is 12.4. The van der Waals surface area contributed by atoms with Gasteiger partial charge in [0.25, 0.3) is 0 Å². The van der Waals surface area contributed by atoms with Crippen LogP contribution in [0.25, 0.3) is 0 Å². The molecule has 0 aliphatic carbocycles. The Morgan fingerprint density at radius 2 is 1.56 bits per heavy atom. The Labute approximate surface area is 216 Å². The summed E-state index contributed by atoms with van der Waals surface area (Å²) in [5.74, 6) is -0.155. The molecule has 2 aromatic rings. The Hall–Kier alpha value is -1.59. The number of hydrogen-bond acceptors (Lipinski definition) is 7. The topological polar surface area (TPSA) is 80.3 Å². The largest absolute Gasteiger partial charge is 0.407 e. The van der Waals surface area contributed by atoms with E-state index in [1.54, 1.807) is 19.2 Å². The van der Waals surface area contributed by atoms with Crippen LogP contribution < -0.4 is 0 Å². The van der Waals surface area contributed by atoms with Crippen molar-refractivity contribution in [3.8, 4) is 0 Å². The lowest BCUT2D eigenvalue weighted by Crippen LogP contribution is -2.66.